The fourth-order valence-electron chi connectivity index (χ4n) is 4.73. The number of carbonyl (C=O) groups excluding carboxylic acids is 2. The van der Waals surface area contributed by atoms with Crippen LogP contribution in [0.5, 0.6) is 0 Å². The Hall–Kier alpha value is -3.68. The van der Waals surface area contributed by atoms with E-state index in [1.807, 2.05) is 85.8 Å². The number of amides is 2. The van der Waals surface area contributed by atoms with Crippen molar-refractivity contribution < 1.29 is 18.8 Å². The SMILES string of the molecule is Cc1ccc(N2C(=O)[C@@H]3[C@H](ON(c4ccccc4)[C@H]3c3ccc(-c4ccc(Br)cc4)o3)C2=O)cc1. The summed E-state index contributed by atoms with van der Waals surface area (Å²) in [5, 5.41) is 1.64. The fraction of sp³-hybridized carbons (Fsp3) is 0.143. The van der Waals surface area contributed by atoms with Gasteiger partial charge in [-0.15, -0.1) is 0 Å². The average molecular weight is 529 g/mol. The Kier molecular flexibility index (Phi) is 5.31. The number of imide groups is 1. The predicted octanol–water partition coefficient (Wildman–Crippen LogP) is 6.07. The van der Waals surface area contributed by atoms with Crippen LogP contribution in [0.15, 0.2) is 99.9 Å². The van der Waals surface area contributed by atoms with Crippen molar-refractivity contribution in [2.45, 2.75) is 19.1 Å². The van der Waals surface area contributed by atoms with Crippen LogP contribution in [0.1, 0.15) is 17.4 Å². The molecule has 2 fully saturated rings. The molecule has 174 valence electrons. The largest absolute Gasteiger partial charge is 0.459 e. The summed E-state index contributed by atoms with van der Waals surface area (Å²) in [4.78, 5) is 34.5. The van der Waals surface area contributed by atoms with E-state index in [1.165, 1.54) is 4.90 Å². The average Bonchev–Trinajstić information content (AvgIpc) is 3.56. The van der Waals surface area contributed by atoms with Gasteiger partial charge in [-0.05, 0) is 55.5 Å². The van der Waals surface area contributed by atoms with Crippen LogP contribution in [-0.2, 0) is 14.4 Å². The highest BCUT2D eigenvalue weighted by Gasteiger charge is 2.61. The van der Waals surface area contributed by atoms with Crippen LogP contribution in [0.3, 0.4) is 0 Å². The summed E-state index contributed by atoms with van der Waals surface area (Å²) in [7, 11) is 0. The van der Waals surface area contributed by atoms with Gasteiger partial charge in [-0.25, -0.2) is 9.96 Å². The van der Waals surface area contributed by atoms with Gasteiger partial charge >= 0.3 is 0 Å². The lowest BCUT2D eigenvalue weighted by atomic mass is 9.94. The zero-order chi connectivity index (χ0) is 24.1. The van der Waals surface area contributed by atoms with Crippen molar-refractivity contribution in [3.63, 3.8) is 0 Å². The van der Waals surface area contributed by atoms with Gasteiger partial charge in [-0.1, -0.05) is 64.0 Å². The number of furan rings is 1. The second-order valence-electron chi connectivity index (χ2n) is 8.71. The summed E-state index contributed by atoms with van der Waals surface area (Å²) in [5.41, 5.74) is 3.25. The van der Waals surface area contributed by atoms with Gasteiger partial charge < -0.3 is 4.42 Å². The highest BCUT2D eigenvalue weighted by molar-refractivity contribution is 9.10. The summed E-state index contributed by atoms with van der Waals surface area (Å²) in [5.74, 6) is -0.170. The number of anilines is 2. The topological polar surface area (TPSA) is 63.0 Å². The predicted molar refractivity (Wildman–Crippen MR) is 136 cm³/mol. The summed E-state index contributed by atoms with van der Waals surface area (Å²) >= 11 is 3.45. The van der Waals surface area contributed by atoms with Gasteiger partial charge in [0.05, 0.1) is 11.4 Å². The molecule has 2 aliphatic rings. The lowest BCUT2D eigenvalue weighted by Crippen LogP contribution is -2.37. The molecule has 0 aliphatic carbocycles. The summed E-state index contributed by atoms with van der Waals surface area (Å²) < 4.78 is 7.25. The van der Waals surface area contributed by atoms with E-state index in [4.69, 9.17) is 9.25 Å². The first-order valence-electron chi connectivity index (χ1n) is 11.3. The zero-order valence-corrected chi connectivity index (χ0v) is 20.4. The molecular formula is C28H21BrN2O4. The molecule has 0 bridgehead atoms. The Bertz CT molecular complexity index is 1400. The van der Waals surface area contributed by atoms with E-state index in [0.717, 1.165) is 21.3 Å². The van der Waals surface area contributed by atoms with E-state index in [9.17, 15) is 9.59 Å². The van der Waals surface area contributed by atoms with Gasteiger partial charge in [0.1, 0.15) is 23.5 Å². The van der Waals surface area contributed by atoms with Gasteiger partial charge in [-0.3, -0.25) is 14.4 Å². The molecule has 7 heteroatoms. The third kappa shape index (κ3) is 3.68. The van der Waals surface area contributed by atoms with Crippen molar-refractivity contribution in [3.05, 3.63) is 107 Å². The first-order valence-corrected chi connectivity index (χ1v) is 12.1. The fourth-order valence-corrected chi connectivity index (χ4v) is 5.00. The molecule has 2 aliphatic heterocycles. The maximum atomic E-state index is 13.7. The van der Waals surface area contributed by atoms with Crippen molar-refractivity contribution in [1.29, 1.82) is 0 Å². The van der Waals surface area contributed by atoms with E-state index in [2.05, 4.69) is 15.9 Å². The van der Waals surface area contributed by atoms with Crippen LogP contribution >= 0.6 is 15.9 Å². The molecule has 35 heavy (non-hydrogen) atoms. The second kappa shape index (κ2) is 8.52. The molecule has 6 nitrogen and oxygen atoms in total. The second-order valence-corrected chi connectivity index (χ2v) is 9.63. The minimum Gasteiger partial charge on any atom is -0.459 e. The van der Waals surface area contributed by atoms with Crippen molar-refractivity contribution in [2.24, 2.45) is 5.92 Å². The molecule has 0 unspecified atom stereocenters. The maximum absolute atomic E-state index is 13.7. The van der Waals surface area contributed by atoms with Gasteiger partial charge in [0, 0.05) is 10.0 Å². The van der Waals surface area contributed by atoms with Gasteiger partial charge in [0.2, 0.25) is 5.91 Å². The Morgan fingerprint density at radius 3 is 2.20 bits per heavy atom. The van der Waals surface area contributed by atoms with E-state index in [0.29, 0.717) is 17.2 Å². The first-order chi connectivity index (χ1) is 17.0. The number of nitrogens with zero attached hydrogens (tertiary/aromatic N) is 2. The molecule has 1 aromatic heterocycles. The van der Waals surface area contributed by atoms with E-state index in [1.54, 1.807) is 17.2 Å². The Morgan fingerprint density at radius 1 is 0.771 bits per heavy atom. The van der Waals surface area contributed by atoms with Crippen LogP contribution in [0.25, 0.3) is 11.3 Å². The lowest BCUT2D eigenvalue weighted by molar-refractivity contribution is -0.126. The maximum Gasteiger partial charge on any atom is 0.266 e. The number of rotatable bonds is 4. The van der Waals surface area contributed by atoms with E-state index < -0.39 is 18.1 Å². The number of aryl methyl sites for hydroxylation is 1. The molecule has 3 atom stereocenters. The smallest absolute Gasteiger partial charge is 0.266 e. The molecule has 2 saturated heterocycles. The highest BCUT2D eigenvalue weighted by atomic mass is 79.9. The van der Waals surface area contributed by atoms with Crippen LogP contribution in [-0.4, -0.2) is 17.9 Å². The van der Waals surface area contributed by atoms with Gasteiger partial charge in [-0.2, -0.15) is 0 Å². The molecule has 0 N–H and O–H groups in total. The van der Waals surface area contributed by atoms with Crippen LogP contribution < -0.4 is 9.96 Å². The van der Waals surface area contributed by atoms with Crippen LogP contribution in [0.4, 0.5) is 11.4 Å². The Balaban J connectivity index is 1.41. The van der Waals surface area contributed by atoms with Gasteiger partial charge in [0.25, 0.3) is 5.91 Å². The molecule has 3 heterocycles. The molecule has 6 rings (SSSR count). The quantitative estimate of drug-likeness (QED) is 0.301. The third-order valence-electron chi connectivity index (χ3n) is 6.47. The Morgan fingerprint density at radius 2 is 1.49 bits per heavy atom. The number of hydrogen-bond acceptors (Lipinski definition) is 5. The number of hydrogen-bond donors (Lipinski definition) is 0. The molecule has 0 saturated carbocycles. The van der Waals surface area contributed by atoms with Crippen molar-refractivity contribution in [3.8, 4) is 11.3 Å². The number of hydroxylamine groups is 1. The standard InChI is InChI=1S/C28H21BrN2O4/c1-17-7-13-20(14-8-17)30-27(32)24-25(23-16-15-22(34-23)18-9-11-19(29)12-10-18)31(35-26(24)28(30)33)21-5-3-2-4-6-21/h2-16,24-26H,1H3/t24-,25-,26-/m0/s1. The lowest BCUT2D eigenvalue weighted by Gasteiger charge is -2.27. The number of halogens is 1. The first kappa shape index (κ1) is 21.8. The Labute approximate surface area is 210 Å². The number of carbonyl (C=O) groups is 2. The molecule has 0 spiro atoms. The van der Waals surface area contributed by atoms with Gasteiger partial charge in [0.15, 0.2) is 6.10 Å². The normalized spacial score (nSPS) is 21.6. The minimum atomic E-state index is -0.935. The van der Waals surface area contributed by atoms with E-state index in [-0.39, 0.29) is 11.8 Å². The molecular weight excluding hydrogens is 508 g/mol. The highest BCUT2D eigenvalue weighted by Crippen LogP contribution is 2.48. The number of para-hydroxylation sites is 1. The number of fused-ring (bicyclic) bond motifs is 1. The minimum absolute atomic E-state index is 0.297. The molecule has 3 aromatic carbocycles. The van der Waals surface area contributed by atoms with Crippen molar-refractivity contribution in [2.75, 3.05) is 9.96 Å². The molecule has 4 aromatic rings. The van der Waals surface area contributed by atoms with Crippen molar-refractivity contribution >= 4 is 39.1 Å². The molecule has 2 amide bonds. The summed E-state index contributed by atoms with van der Waals surface area (Å²) in [6, 6.07) is 27.8. The monoisotopic (exact) mass is 528 g/mol. The van der Waals surface area contributed by atoms with Crippen molar-refractivity contribution in [1.82, 2.24) is 0 Å². The molecule has 0 radical (unpaired) electrons. The summed E-state index contributed by atoms with van der Waals surface area (Å²) in [6.45, 7) is 1.96. The van der Waals surface area contributed by atoms with Crippen LogP contribution in [0, 0.1) is 12.8 Å². The third-order valence-corrected chi connectivity index (χ3v) is 6.99. The van der Waals surface area contributed by atoms with E-state index >= 15 is 0 Å². The number of benzene rings is 3. The van der Waals surface area contributed by atoms with Crippen LogP contribution in [0.2, 0.25) is 0 Å². The zero-order valence-electron chi connectivity index (χ0n) is 18.8. The summed E-state index contributed by atoms with van der Waals surface area (Å²) in [6.07, 6.45) is -0.935.